The van der Waals surface area contributed by atoms with E-state index in [9.17, 15) is 0 Å². The van der Waals surface area contributed by atoms with Gasteiger partial charge < -0.3 is 5.32 Å². The van der Waals surface area contributed by atoms with Crippen molar-refractivity contribution in [3.8, 4) is 0 Å². The molecule has 1 aromatic carbocycles. The van der Waals surface area contributed by atoms with Gasteiger partial charge in [-0.05, 0) is 30.9 Å². The van der Waals surface area contributed by atoms with Crippen LogP contribution in [0.3, 0.4) is 0 Å². The summed E-state index contributed by atoms with van der Waals surface area (Å²) in [6.07, 6.45) is 0. The Morgan fingerprint density at radius 3 is 2.95 bits per heavy atom. The highest BCUT2D eigenvalue weighted by atomic mass is 32.1. The molecule has 0 saturated carbocycles. The molecule has 6 heteroatoms. The maximum Gasteiger partial charge on any atom is 0.188 e. The lowest BCUT2D eigenvalue weighted by molar-refractivity contribution is 0.565. The fraction of sp³-hybridized carbons (Fsp3) is 0.308. The second-order valence-electron chi connectivity index (χ2n) is 4.52. The first kappa shape index (κ1) is 12.3. The van der Waals surface area contributed by atoms with Gasteiger partial charge in [0.1, 0.15) is 0 Å². The Labute approximate surface area is 115 Å². The quantitative estimate of drug-likeness (QED) is 0.766. The molecule has 19 heavy (non-hydrogen) atoms. The maximum atomic E-state index is 3.94. The molecule has 0 bridgehead atoms. The van der Waals surface area contributed by atoms with Gasteiger partial charge >= 0.3 is 0 Å². The number of fused-ring (bicyclic) bond motifs is 1. The predicted molar refractivity (Wildman–Crippen MR) is 76.0 cm³/mol. The number of aryl methyl sites for hydroxylation is 1. The number of hydrogen-bond acceptors (Lipinski definition) is 5. The molecule has 0 saturated heterocycles. The number of rotatable bonds is 4. The van der Waals surface area contributed by atoms with Crippen LogP contribution in [0.4, 0.5) is 0 Å². The van der Waals surface area contributed by atoms with Crippen molar-refractivity contribution in [2.24, 2.45) is 0 Å². The van der Waals surface area contributed by atoms with E-state index in [-0.39, 0.29) is 6.04 Å². The predicted octanol–water partition coefficient (Wildman–Crippen LogP) is 2.57. The van der Waals surface area contributed by atoms with Gasteiger partial charge in [-0.25, -0.2) is 0 Å². The standard InChI is InChI=1S/C13H15N5S/c1-8-10-5-3-4-6-11(10)19-13(8)9(2)14-7-12-15-17-18-16-12/h3-6,9,14H,7H2,1-2H3,(H,15,16,17,18). The second-order valence-corrected chi connectivity index (χ2v) is 5.60. The van der Waals surface area contributed by atoms with Crippen LogP contribution in [0.25, 0.3) is 10.1 Å². The van der Waals surface area contributed by atoms with Crippen molar-refractivity contribution in [3.63, 3.8) is 0 Å². The van der Waals surface area contributed by atoms with E-state index in [1.165, 1.54) is 20.5 Å². The molecule has 1 atom stereocenters. The van der Waals surface area contributed by atoms with Gasteiger partial charge in [0, 0.05) is 15.6 Å². The van der Waals surface area contributed by atoms with Gasteiger partial charge in [0.2, 0.25) is 0 Å². The summed E-state index contributed by atoms with van der Waals surface area (Å²) in [5.41, 5.74) is 1.36. The molecule has 0 aliphatic rings. The monoisotopic (exact) mass is 273 g/mol. The van der Waals surface area contributed by atoms with Gasteiger partial charge in [-0.1, -0.05) is 23.4 Å². The van der Waals surface area contributed by atoms with Crippen LogP contribution < -0.4 is 5.32 Å². The SMILES string of the molecule is Cc1c(C(C)NCc2nn[nH]n2)sc2ccccc12. The lowest BCUT2D eigenvalue weighted by Gasteiger charge is -2.11. The summed E-state index contributed by atoms with van der Waals surface area (Å²) in [6, 6.07) is 8.79. The number of aromatic nitrogens is 4. The summed E-state index contributed by atoms with van der Waals surface area (Å²) in [6.45, 7) is 4.96. The normalized spacial score (nSPS) is 12.9. The van der Waals surface area contributed by atoms with Crippen molar-refractivity contribution in [2.75, 3.05) is 0 Å². The minimum atomic E-state index is 0.274. The Hall–Kier alpha value is -1.79. The smallest absolute Gasteiger partial charge is 0.188 e. The zero-order valence-electron chi connectivity index (χ0n) is 10.8. The third-order valence-corrected chi connectivity index (χ3v) is 4.68. The summed E-state index contributed by atoms with van der Waals surface area (Å²) in [5.74, 6) is 0.686. The van der Waals surface area contributed by atoms with E-state index in [0.717, 1.165) is 0 Å². The first-order chi connectivity index (χ1) is 9.25. The molecule has 2 N–H and O–H groups in total. The third kappa shape index (κ3) is 2.36. The molecule has 5 nitrogen and oxygen atoms in total. The number of tetrazole rings is 1. The van der Waals surface area contributed by atoms with Crippen molar-refractivity contribution in [1.29, 1.82) is 0 Å². The van der Waals surface area contributed by atoms with Crippen molar-refractivity contribution < 1.29 is 0 Å². The number of thiophene rings is 1. The average molecular weight is 273 g/mol. The van der Waals surface area contributed by atoms with Crippen molar-refractivity contribution in [2.45, 2.75) is 26.4 Å². The van der Waals surface area contributed by atoms with Crippen molar-refractivity contribution >= 4 is 21.4 Å². The number of hydrogen-bond donors (Lipinski definition) is 2. The first-order valence-electron chi connectivity index (χ1n) is 6.19. The average Bonchev–Trinajstić information content (AvgIpc) is 3.05. The molecule has 1 unspecified atom stereocenters. The molecule has 0 aliphatic carbocycles. The molecule has 3 aromatic rings. The molecular formula is C13H15N5S. The van der Waals surface area contributed by atoms with E-state index in [1.807, 2.05) is 11.3 Å². The Morgan fingerprint density at radius 1 is 1.37 bits per heavy atom. The summed E-state index contributed by atoms with van der Waals surface area (Å²) >= 11 is 1.84. The van der Waals surface area contributed by atoms with Gasteiger partial charge in [-0.3, -0.25) is 0 Å². The van der Waals surface area contributed by atoms with Gasteiger partial charge in [0.15, 0.2) is 5.82 Å². The minimum absolute atomic E-state index is 0.274. The van der Waals surface area contributed by atoms with Gasteiger partial charge in [0.25, 0.3) is 0 Å². The van der Waals surface area contributed by atoms with Crippen LogP contribution in [0.5, 0.6) is 0 Å². The largest absolute Gasteiger partial charge is 0.302 e. The van der Waals surface area contributed by atoms with Gasteiger partial charge in [-0.2, -0.15) is 5.21 Å². The molecule has 3 rings (SSSR count). The molecule has 2 aromatic heterocycles. The molecule has 0 fully saturated rings. The zero-order valence-corrected chi connectivity index (χ0v) is 11.7. The molecule has 98 valence electrons. The fourth-order valence-electron chi connectivity index (χ4n) is 2.20. The van der Waals surface area contributed by atoms with E-state index in [2.05, 4.69) is 64.1 Å². The van der Waals surface area contributed by atoms with E-state index in [0.29, 0.717) is 12.4 Å². The number of nitrogens with one attached hydrogen (secondary N) is 2. The minimum Gasteiger partial charge on any atom is -0.302 e. The topological polar surface area (TPSA) is 66.5 Å². The second kappa shape index (κ2) is 5.07. The Balaban J connectivity index is 1.81. The van der Waals surface area contributed by atoms with Crippen LogP contribution >= 0.6 is 11.3 Å². The van der Waals surface area contributed by atoms with E-state index >= 15 is 0 Å². The number of nitrogens with zero attached hydrogens (tertiary/aromatic N) is 3. The summed E-state index contributed by atoms with van der Waals surface area (Å²) in [5, 5.41) is 18.7. The van der Waals surface area contributed by atoms with Crippen molar-refractivity contribution in [3.05, 3.63) is 40.5 Å². The highest BCUT2D eigenvalue weighted by Crippen LogP contribution is 2.34. The lowest BCUT2D eigenvalue weighted by atomic mass is 10.1. The third-order valence-electron chi connectivity index (χ3n) is 3.23. The molecule has 2 heterocycles. The molecule has 0 radical (unpaired) electrons. The highest BCUT2D eigenvalue weighted by Gasteiger charge is 2.14. The maximum absolute atomic E-state index is 3.94. The molecule has 0 spiro atoms. The van der Waals surface area contributed by atoms with Gasteiger partial charge in [0.05, 0.1) is 6.54 Å². The van der Waals surface area contributed by atoms with E-state index < -0.39 is 0 Å². The Bertz CT molecular complexity index is 673. The number of H-pyrrole nitrogens is 1. The molecular weight excluding hydrogens is 258 g/mol. The number of benzene rings is 1. The van der Waals surface area contributed by atoms with Crippen LogP contribution in [0.1, 0.15) is 29.2 Å². The van der Waals surface area contributed by atoms with Gasteiger partial charge in [-0.15, -0.1) is 21.5 Å². The molecule has 0 aliphatic heterocycles. The van der Waals surface area contributed by atoms with E-state index in [4.69, 9.17) is 0 Å². The van der Waals surface area contributed by atoms with Crippen LogP contribution in [0, 0.1) is 6.92 Å². The Morgan fingerprint density at radius 2 is 2.21 bits per heavy atom. The van der Waals surface area contributed by atoms with Crippen LogP contribution in [0.2, 0.25) is 0 Å². The van der Waals surface area contributed by atoms with Crippen LogP contribution in [-0.2, 0) is 6.54 Å². The fourth-order valence-corrected chi connectivity index (χ4v) is 3.44. The number of aromatic amines is 1. The summed E-state index contributed by atoms with van der Waals surface area (Å²) in [4.78, 5) is 1.37. The lowest BCUT2D eigenvalue weighted by Crippen LogP contribution is -2.18. The Kier molecular flexibility index (Phi) is 3.27. The van der Waals surface area contributed by atoms with Crippen molar-refractivity contribution in [1.82, 2.24) is 25.9 Å². The highest BCUT2D eigenvalue weighted by molar-refractivity contribution is 7.19. The molecule has 0 amide bonds. The van der Waals surface area contributed by atoms with Crippen LogP contribution in [-0.4, -0.2) is 20.6 Å². The van der Waals surface area contributed by atoms with E-state index in [1.54, 1.807) is 0 Å². The summed E-state index contributed by atoms with van der Waals surface area (Å²) in [7, 11) is 0. The summed E-state index contributed by atoms with van der Waals surface area (Å²) < 4.78 is 1.34. The van der Waals surface area contributed by atoms with Crippen LogP contribution in [0.15, 0.2) is 24.3 Å². The first-order valence-corrected chi connectivity index (χ1v) is 7.01. The zero-order chi connectivity index (χ0) is 13.2.